The van der Waals surface area contributed by atoms with Crippen LogP contribution in [0.5, 0.6) is 0 Å². The predicted octanol–water partition coefficient (Wildman–Crippen LogP) is -0.771. The highest BCUT2D eigenvalue weighted by Crippen LogP contribution is 1.98. The zero-order valence-electron chi connectivity index (χ0n) is 4.50. The molecule has 0 fully saturated rings. The molecule has 3 nitrogen and oxygen atoms in total. The molecule has 0 radical (unpaired) electrons. The lowest BCUT2D eigenvalue weighted by atomic mass is 10.4. The van der Waals surface area contributed by atoms with Crippen LogP contribution in [-0.2, 0) is 4.79 Å². The van der Waals surface area contributed by atoms with E-state index in [0.717, 1.165) is 11.8 Å². The number of carbonyl (C=O) groups is 1. The maximum Gasteiger partial charge on any atom is 0.219 e. The van der Waals surface area contributed by atoms with Crippen LogP contribution in [0.4, 0.5) is 0 Å². The second-order valence-corrected chi connectivity index (χ2v) is 2.03. The summed E-state index contributed by atoms with van der Waals surface area (Å²) in [6.07, 6.45) is 0.353. The first kappa shape index (κ1) is 7.94. The Morgan fingerprint density at radius 2 is 2.38 bits per heavy atom. The molecule has 0 aromatic rings. The highest BCUT2D eigenvalue weighted by molar-refractivity contribution is 8.13. The van der Waals surface area contributed by atoms with Crippen LogP contribution in [-0.4, -0.2) is 34.3 Å². The first-order valence-electron chi connectivity index (χ1n) is 2.09. The van der Waals surface area contributed by atoms with Crippen molar-refractivity contribution in [2.45, 2.75) is 6.10 Å². The average molecular weight is 136 g/mol. The topological polar surface area (TPSA) is 57.5 Å². The molecular formula is C4H8O3S. The third-order valence-electron chi connectivity index (χ3n) is 0.646. The minimum atomic E-state index is -1.20. The molecule has 0 saturated carbocycles. The molecule has 0 heterocycles. The Morgan fingerprint density at radius 1 is 1.88 bits per heavy atom. The summed E-state index contributed by atoms with van der Waals surface area (Å²) in [6.45, 7) is -0.486. The zero-order valence-corrected chi connectivity index (χ0v) is 5.31. The Labute approximate surface area is 51.7 Å². The van der Waals surface area contributed by atoms with Crippen molar-refractivity contribution in [1.82, 2.24) is 0 Å². The molecule has 48 valence electrons. The first-order chi connectivity index (χ1) is 3.72. The van der Waals surface area contributed by atoms with E-state index in [4.69, 9.17) is 10.2 Å². The molecule has 0 saturated heterocycles. The quantitative estimate of drug-likeness (QED) is 0.523. The van der Waals surface area contributed by atoms with Crippen LogP contribution in [0.25, 0.3) is 0 Å². The number of thioether (sulfide) groups is 1. The molecule has 0 aliphatic rings. The first-order valence-corrected chi connectivity index (χ1v) is 3.31. The van der Waals surface area contributed by atoms with Gasteiger partial charge < -0.3 is 10.2 Å². The van der Waals surface area contributed by atoms with E-state index in [1.54, 1.807) is 6.26 Å². The maximum atomic E-state index is 10.3. The third-order valence-corrected chi connectivity index (χ3v) is 1.32. The summed E-state index contributed by atoms with van der Waals surface area (Å²) in [6, 6.07) is 0. The normalized spacial score (nSPS) is 13.4. The maximum absolute atomic E-state index is 10.3. The molecule has 8 heavy (non-hydrogen) atoms. The minimum absolute atomic E-state index is 0.396. The van der Waals surface area contributed by atoms with Crippen LogP contribution in [0.1, 0.15) is 0 Å². The van der Waals surface area contributed by atoms with E-state index < -0.39 is 17.8 Å². The number of aliphatic hydroxyl groups excluding tert-OH is 2. The molecule has 0 amide bonds. The van der Waals surface area contributed by atoms with Gasteiger partial charge in [0.15, 0.2) is 0 Å². The van der Waals surface area contributed by atoms with Crippen molar-refractivity contribution < 1.29 is 15.0 Å². The van der Waals surface area contributed by atoms with Crippen LogP contribution in [0.15, 0.2) is 0 Å². The Hall–Kier alpha value is -0.0600. The fourth-order valence-electron chi connectivity index (χ4n) is 0.211. The summed E-state index contributed by atoms with van der Waals surface area (Å²) in [4.78, 5) is 10.3. The summed E-state index contributed by atoms with van der Waals surface area (Å²) in [5.74, 6) is 0. The highest BCUT2D eigenvalue weighted by atomic mass is 32.2. The SMILES string of the molecule is CSC(=O)[C@H](O)CO. The van der Waals surface area contributed by atoms with Crippen molar-refractivity contribution in [3.63, 3.8) is 0 Å². The molecular weight excluding hydrogens is 128 g/mol. The van der Waals surface area contributed by atoms with Gasteiger partial charge in [-0.2, -0.15) is 0 Å². The standard InChI is InChI=1S/C4H8O3S/c1-8-4(7)3(6)2-5/h3,5-6H,2H2,1H3/t3-/m1/s1. The number of rotatable bonds is 2. The lowest BCUT2D eigenvalue weighted by molar-refractivity contribution is -0.119. The number of hydrogen-bond acceptors (Lipinski definition) is 4. The van der Waals surface area contributed by atoms with Crippen LogP contribution in [0.3, 0.4) is 0 Å². The fourth-order valence-corrected chi connectivity index (χ4v) is 0.557. The van der Waals surface area contributed by atoms with Crippen LogP contribution in [0.2, 0.25) is 0 Å². The molecule has 0 unspecified atom stereocenters. The van der Waals surface area contributed by atoms with Gasteiger partial charge in [-0.05, 0) is 6.26 Å². The monoisotopic (exact) mass is 136 g/mol. The van der Waals surface area contributed by atoms with E-state index in [0.29, 0.717) is 0 Å². The van der Waals surface area contributed by atoms with Crippen LogP contribution in [0, 0.1) is 0 Å². The fraction of sp³-hybridized carbons (Fsp3) is 0.750. The molecule has 1 atom stereocenters. The van der Waals surface area contributed by atoms with Gasteiger partial charge in [0.05, 0.1) is 6.61 Å². The van der Waals surface area contributed by atoms with Crippen molar-refractivity contribution in [2.24, 2.45) is 0 Å². The summed E-state index contributed by atoms with van der Waals surface area (Å²) in [5.41, 5.74) is 0. The molecule has 0 aromatic carbocycles. The van der Waals surface area contributed by atoms with Gasteiger partial charge in [0.1, 0.15) is 6.10 Å². The van der Waals surface area contributed by atoms with E-state index >= 15 is 0 Å². The zero-order chi connectivity index (χ0) is 6.57. The highest BCUT2D eigenvalue weighted by Gasteiger charge is 2.10. The Balaban J connectivity index is 3.46. The van der Waals surface area contributed by atoms with Crippen molar-refractivity contribution in [3.8, 4) is 0 Å². The molecule has 0 aliphatic carbocycles. The molecule has 4 heteroatoms. The van der Waals surface area contributed by atoms with E-state index in [-0.39, 0.29) is 0 Å². The van der Waals surface area contributed by atoms with Crippen molar-refractivity contribution in [2.75, 3.05) is 12.9 Å². The molecule has 0 aliphatic heterocycles. The number of hydrogen-bond donors (Lipinski definition) is 2. The Morgan fingerprint density at radius 3 is 2.50 bits per heavy atom. The van der Waals surface area contributed by atoms with Gasteiger partial charge in [-0.15, -0.1) is 0 Å². The molecule has 0 spiro atoms. The second-order valence-electron chi connectivity index (χ2n) is 1.22. The molecule has 0 bridgehead atoms. The summed E-state index contributed by atoms with van der Waals surface area (Å²) in [7, 11) is 0. The Bertz CT molecular complexity index is 83.4. The lowest BCUT2D eigenvalue weighted by Crippen LogP contribution is -2.20. The van der Waals surface area contributed by atoms with E-state index in [1.807, 2.05) is 0 Å². The van der Waals surface area contributed by atoms with Crippen molar-refractivity contribution >= 4 is 16.9 Å². The number of aliphatic hydroxyl groups is 2. The molecule has 0 rings (SSSR count). The van der Waals surface area contributed by atoms with Gasteiger partial charge in [-0.3, -0.25) is 4.79 Å². The van der Waals surface area contributed by atoms with Gasteiger partial charge in [-0.1, -0.05) is 11.8 Å². The van der Waals surface area contributed by atoms with Gasteiger partial charge in [0.25, 0.3) is 0 Å². The van der Waals surface area contributed by atoms with Gasteiger partial charge >= 0.3 is 0 Å². The van der Waals surface area contributed by atoms with Gasteiger partial charge in [-0.25, -0.2) is 0 Å². The van der Waals surface area contributed by atoms with Gasteiger partial charge in [0, 0.05) is 0 Å². The average Bonchev–Trinajstić information content (AvgIpc) is 1.84. The van der Waals surface area contributed by atoms with Crippen LogP contribution < -0.4 is 0 Å². The Kier molecular flexibility index (Phi) is 3.85. The van der Waals surface area contributed by atoms with Crippen molar-refractivity contribution in [3.05, 3.63) is 0 Å². The summed E-state index contributed by atoms with van der Waals surface area (Å²) >= 11 is 0.909. The minimum Gasteiger partial charge on any atom is -0.393 e. The van der Waals surface area contributed by atoms with E-state index in [2.05, 4.69) is 0 Å². The molecule has 2 N–H and O–H groups in total. The van der Waals surface area contributed by atoms with Crippen molar-refractivity contribution in [1.29, 1.82) is 0 Å². The van der Waals surface area contributed by atoms with Crippen LogP contribution >= 0.6 is 11.8 Å². The number of carbonyl (C=O) groups excluding carboxylic acids is 1. The lowest BCUT2D eigenvalue weighted by Gasteiger charge is -1.99. The smallest absolute Gasteiger partial charge is 0.219 e. The summed E-state index contributed by atoms with van der Waals surface area (Å²) in [5, 5.41) is 16.3. The second kappa shape index (κ2) is 3.88. The summed E-state index contributed by atoms with van der Waals surface area (Å²) < 4.78 is 0. The van der Waals surface area contributed by atoms with E-state index in [1.165, 1.54) is 0 Å². The third kappa shape index (κ3) is 2.30. The van der Waals surface area contributed by atoms with Gasteiger partial charge in [0.2, 0.25) is 5.12 Å². The largest absolute Gasteiger partial charge is 0.393 e. The predicted molar refractivity (Wildman–Crippen MR) is 31.6 cm³/mol. The molecule has 0 aromatic heterocycles. The van der Waals surface area contributed by atoms with E-state index in [9.17, 15) is 4.79 Å².